The van der Waals surface area contributed by atoms with E-state index in [2.05, 4.69) is 29.1 Å². The quantitative estimate of drug-likeness (QED) is 0.806. The van der Waals surface area contributed by atoms with Gasteiger partial charge in [0.2, 0.25) is 0 Å². The highest BCUT2D eigenvalue weighted by Gasteiger charge is 2.11. The van der Waals surface area contributed by atoms with Crippen LogP contribution in [0.25, 0.3) is 5.65 Å². The average molecular weight is 264 g/mol. The molecule has 0 spiro atoms. The molecule has 1 atom stereocenters. The molecular weight excluding hydrogens is 244 g/mol. The molecule has 104 valence electrons. The lowest BCUT2D eigenvalue weighted by atomic mass is 10.0. The van der Waals surface area contributed by atoms with Crippen molar-refractivity contribution in [2.24, 2.45) is 11.7 Å². The molecule has 0 radical (unpaired) electrons. The van der Waals surface area contributed by atoms with Crippen molar-refractivity contribution in [2.45, 2.75) is 26.3 Å². The van der Waals surface area contributed by atoms with Crippen LogP contribution in [0.15, 0.2) is 16.9 Å². The zero-order valence-corrected chi connectivity index (χ0v) is 11.5. The van der Waals surface area contributed by atoms with Crippen LogP contribution in [0.1, 0.15) is 20.3 Å². The molecule has 0 aliphatic heterocycles. The standard InChI is InChI=1S/C12H20N6O/c1-8(2)9(13)6-7-17(3)11-5-4-10-14-15-12(19)18(10)16-11/h4-5,8-9H,6-7,13H2,1-3H3,(H,15,19). The Morgan fingerprint density at radius 1 is 1.47 bits per heavy atom. The molecule has 2 heterocycles. The van der Waals surface area contributed by atoms with Gasteiger partial charge < -0.3 is 10.6 Å². The number of nitrogens with two attached hydrogens (primary N) is 1. The summed E-state index contributed by atoms with van der Waals surface area (Å²) < 4.78 is 1.26. The van der Waals surface area contributed by atoms with E-state index in [0.29, 0.717) is 11.6 Å². The van der Waals surface area contributed by atoms with Crippen molar-refractivity contribution in [2.75, 3.05) is 18.5 Å². The van der Waals surface area contributed by atoms with Gasteiger partial charge in [-0.1, -0.05) is 13.8 Å². The highest BCUT2D eigenvalue weighted by molar-refractivity contribution is 5.44. The van der Waals surface area contributed by atoms with Crippen LogP contribution in [0, 0.1) is 5.92 Å². The van der Waals surface area contributed by atoms with E-state index in [9.17, 15) is 4.79 Å². The van der Waals surface area contributed by atoms with Crippen LogP contribution in [-0.4, -0.2) is 39.4 Å². The second-order valence-electron chi connectivity index (χ2n) is 5.11. The van der Waals surface area contributed by atoms with E-state index in [1.54, 1.807) is 6.07 Å². The van der Waals surface area contributed by atoms with Crippen LogP contribution in [0.4, 0.5) is 5.82 Å². The van der Waals surface area contributed by atoms with Crippen LogP contribution in [0.5, 0.6) is 0 Å². The molecule has 2 aromatic heterocycles. The van der Waals surface area contributed by atoms with Gasteiger partial charge >= 0.3 is 5.69 Å². The highest BCUT2D eigenvalue weighted by atomic mass is 16.2. The van der Waals surface area contributed by atoms with Gasteiger partial charge in [-0.25, -0.2) is 9.89 Å². The Labute approximate surface area is 111 Å². The van der Waals surface area contributed by atoms with Gasteiger partial charge in [-0.15, -0.1) is 5.10 Å². The molecule has 3 N–H and O–H groups in total. The monoisotopic (exact) mass is 264 g/mol. The number of H-pyrrole nitrogens is 1. The Balaban J connectivity index is 2.10. The molecule has 0 aliphatic rings. The Morgan fingerprint density at radius 2 is 2.21 bits per heavy atom. The van der Waals surface area contributed by atoms with Gasteiger partial charge in [-0.2, -0.15) is 9.61 Å². The molecule has 2 aromatic rings. The molecule has 7 nitrogen and oxygen atoms in total. The first-order valence-electron chi connectivity index (χ1n) is 6.40. The lowest BCUT2D eigenvalue weighted by Crippen LogP contribution is -2.32. The fourth-order valence-electron chi connectivity index (χ4n) is 1.79. The van der Waals surface area contributed by atoms with E-state index in [-0.39, 0.29) is 11.7 Å². The van der Waals surface area contributed by atoms with Gasteiger partial charge in [0.15, 0.2) is 5.65 Å². The van der Waals surface area contributed by atoms with Crippen molar-refractivity contribution in [3.63, 3.8) is 0 Å². The summed E-state index contributed by atoms with van der Waals surface area (Å²) in [5.74, 6) is 1.19. The van der Waals surface area contributed by atoms with Gasteiger partial charge in [0.05, 0.1) is 0 Å². The first-order chi connectivity index (χ1) is 8.99. The maximum absolute atomic E-state index is 11.5. The van der Waals surface area contributed by atoms with Gasteiger partial charge in [0, 0.05) is 19.6 Å². The molecule has 0 saturated carbocycles. The maximum atomic E-state index is 11.5. The van der Waals surface area contributed by atoms with Crippen molar-refractivity contribution >= 4 is 11.5 Å². The largest absolute Gasteiger partial charge is 0.364 e. The van der Waals surface area contributed by atoms with Crippen molar-refractivity contribution in [3.8, 4) is 0 Å². The van der Waals surface area contributed by atoms with Crippen molar-refractivity contribution in [1.82, 2.24) is 19.8 Å². The molecule has 7 heteroatoms. The Bertz CT molecular complexity index is 602. The molecule has 2 rings (SSSR count). The predicted molar refractivity (Wildman–Crippen MR) is 74.3 cm³/mol. The van der Waals surface area contributed by atoms with E-state index in [0.717, 1.165) is 18.8 Å². The van der Waals surface area contributed by atoms with Crippen molar-refractivity contribution in [1.29, 1.82) is 0 Å². The Hall–Kier alpha value is -1.89. The maximum Gasteiger partial charge on any atom is 0.364 e. The number of aromatic amines is 1. The van der Waals surface area contributed by atoms with Crippen LogP contribution in [0.2, 0.25) is 0 Å². The van der Waals surface area contributed by atoms with Crippen LogP contribution in [0.3, 0.4) is 0 Å². The fourth-order valence-corrected chi connectivity index (χ4v) is 1.79. The summed E-state index contributed by atoms with van der Waals surface area (Å²) in [5, 5.41) is 10.5. The minimum atomic E-state index is -0.330. The summed E-state index contributed by atoms with van der Waals surface area (Å²) >= 11 is 0. The molecule has 0 aliphatic carbocycles. The molecule has 0 aromatic carbocycles. The molecule has 0 saturated heterocycles. The van der Waals surface area contributed by atoms with E-state index in [4.69, 9.17) is 5.73 Å². The van der Waals surface area contributed by atoms with Gasteiger partial charge in [-0.05, 0) is 24.5 Å². The summed E-state index contributed by atoms with van der Waals surface area (Å²) in [6.45, 7) is 5.02. The SMILES string of the molecule is CC(C)C(N)CCN(C)c1ccc2n[nH]c(=O)n2n1. The smallest absolute Gasteiger partial charge is 0.358 e. The zero-order chi connectivity index (χ0) is 14.0. The topological polar surface area (TPSA) is 92.3 Å². The van der Waals surface area contributed by atoms with E-state index in [1.807, 2.05) is 18.0 Å². The molecule has 19 heavy (non-hydrogen) atoms. The number of hydrogen-bond acceptors (Lipinski definition) is 5. The second-order valence-corrected chi connectivity index (χ2v) is 5.11. The lowest BCUT2D eigenvalue weighted by molar-refractivity contribution is 0.465. The third kappa shape index (κ3) is 2.93. The number of nitrogens with zero attached hydrogens (tertiary/aromatic N) is 4. The van der Waals surface area contributed by atoms with Gasteiger partial charge in [-0.3, -0.25) is 0 Å². The third-order valence-corrected chi connectivity index (χ3v) is 3.30. The number of nitrogens with one attached hydrogen (secondary N) is 1. The Morgan fingerprint density at radius 3 is 2.89 bits per heavy atom. The number of aromatic nitrogens is 4. The normalized spacial score (nSPS) is 13.1. The fraction of sp³-hybridized carbons (Fsp3) is 0.583. The molecule has 1 unspecified atom stereocenters. The molecular formula is C12H20N6O. The summed E-state index contributed by atoms with van der Waals surface area (Å²) in [6.07, 6.45) is 0.883. The van der Waals surface area contributed by atoms with Crippen LogP contribution < -0.4 is 16.3 Å². The minimum absolute atomic E-state index is 0.169. The summed E-state index contributed by atoms with van der Waals surface area (Å²) in [5.41, 5.74) is 6.21. The first kappa shape index (κ1) is 13.5. The summed E-state index contributed by atoms with van der Waals surface area (Å²) in [6, 6.07) is 3.78. The number of anilines is 1. The molecule has 0 bridgehead atoms. The van der Waals surface area contributed by atoms with E-state index >= 15 is 0 Å². The number of hydrogen-bond donors (Lipinski definition) is 2. The van der Waals surface area contributed by atoms with Crippen molar-refractivity contribution < 1.29 is 0 Å². The van der Waals surface area contributed by atoms with Crippen molar-refractivity contribution in [3.05, 3.63) is 22.6 Å². The molecule has 0 amide bonds. The van der Waals surface area contributed by atoms with E-state index < -0.39 is 0 Å². The Kier molecular flexibility index (Phi) is 3.84. The minimum Gasteiger partial charge on any atom is -0.358 e. The van der Waals surface area contributed by atoms with E-state index in [1.165, 1.54) is 4.52 Å². The second kappa shape index (κ2) is 5.40. The first-order valence-corrected chi connectivity index (χ1v) is 6.40. The lowest BCUT2D eigenvalue weighted by Gasteiger charge is -2.22. The van der Waals surface area contributed by atoms with Gasteiger partial charge in [0.25, 0.3) is 0 Å². The average Bonchev–Trinajstić information content (AvgIpc) is 2.76. The summed E-state index contributed by atoms with van der Waals surface area (Å²) in [7, 11) is 1.94. The van der Waals surface area contributed by atoms with Gasteiger partial charge in [0.1, 0.15) is 5.82 Å². The van der Waals surface area contributed by atoms with Crippen LogP contribution in [-0.2, 0) is 0 Å². The molecule has 0 fully saturated rings. The number of rotatable bonds is 5. The zero-order valence-electron chi connectivity index (χ0n) is 11.5. The third-order valence-electron chi connectivity index (χ3n) is 3.30. The number of fused-ring (bicyclic) bond motifs is 1. The summed E-state index contributed by atoms with van der Waals surface area (Å²) in [4.78, 5) is 13.4. The predicted octanol–water partition coefficient (Wildman–Crippen LogP) is 0.227. The van der Waals surface area contributed by atoms with Crippen LogP contribution >= 0.6 is 0 Å². The highest BCUT2D eigenvalue weighted by Crippen LogP contribution is 2.10.